The van der Waals surface area contributed by atoms with E-state index in [4.69, 9.17) is 11.6 Å². The van der Waals surface area contributed by atoms with E-state index in [2.05, 4.69) is 76.1 Å². The van der Waals surface area contributed by atoms with Gasteiger partial charge in [-0.25, -0.2) is 0 Å². The number of aryl methyl sites for hydroxylation is 2. The lowest BCUT2D eigenvalue weighted by Gasteiger charge is -2.20. The monoisotopic (exact) mass is 449 g/mol. The van der Waals surface area contributed by atoms with E-state index >= 15 is 0 Å². The highest BCUT2D eigenvalue weighted by atomic mass is 79.9. The Morgan fingerprint density at radius 3 is 2.43 bits per heavy atom. The Hall–Kier alpha value is 0.130. The fourth-order valence-corrected chi connectivity index (χ4v) is 4.69. The molecule has 0 radical (unpaired) electrons. The predicted molar refractivity (Wildman–Crippen MR) is 101 cm³/mol. The molecule has 114 valence electrons. The standard InChI is InChI=1S/C16H18Br2ClNS/c1-4-5-20-15(14-8-12(17)16(18)21-14)11-6-9(2)10(3)7-13(11)19/h6-8,15,20H,4-5H2,1-3H3. The third-order valence-electron chi connectivity index (χ3n) is 3.47. The predicted octanol–water partition coefficient (Wildman–Crippen LogP) is 6.63. The van der Waals surface area contributed by atoms with Crippen molar-refractivity contribution >= 4 is 54.8 Å². The third-order valence-corrected chi connectivity index (χ3v) is 7.12. The summed E-state index contributed by atoms with van der Waals surface area (Å²) in [6.45, 7) is 7.36. The highest BCUT2D eigenvalue weighted by Crippen LogP contribution is 2.39. The van der Waals surface area contributed by atoms with Crippen LogP contribution in [-0.2, 0) is 0 Å². The first kappa shape index (κ1) is 17.5. The van der Waals surface area contributed by atoms with Crippen LogP contribution in [0, 0.1) is 13.8 Å². The Morgan fingerprint density at radius 1 is 1.19 bits per heavy atom. The van der Waals surface area contributed by atoms with Crippen LogP contribution in [0.15, 0.2) is 26.5 Å². The Kier molecular flexibility index (Phi) is 6.33. The molecule has 2 aromatic rings. The zero-order valence-electron chi connectivity index (χ0n) is 12.3. The smallest absolute Gasteiger partial charge is 0.0843 e. The molecule has 0 saturated heterocycles. The van der Waals surface area contributed by atoms with Crippen molar-refractivity contribution in [3.05, 3.63) is 53.0 Å². The normalized spacial score (nSPS) is 12.7. The number of hydrogen-bond donors (Lipinski definition) is 1. The van der Waals surface area contributed by atoms with Gasteiger partial charge in [0, 0.05) is 14.4 Å². The highest BCUT2D eigenvalue weighted by molar-refractivity contribution is 9.13. The van der Waals surface area contributed by atoms with E-state index in [0.29, 0.717) is 0 Å². The third kappa shape index (κ3) is 4.11. The summed E-state index contributed by atoms with van der Waals surface area (Å²) in [6, 6.07) is 6.55. The van der Waals surface area contributed by atoms with Crippen molar-refractivity contribution in [2.24, 2.45) is 0 Å². The molecule has 1 heterocycles. The molecule has 0 fully saturated rings. The molecule has 1 aromatic heterocycles. The second-order valence-electron chi connectivity index (χ2n) is 5.12. The molecular formula is C16H18Br2ClNS. The summed E-state index contributed by atoms with van der Waals surface area (Å²) in [4.78, 5) is 1.26. The highest BCUT2D eigenvalue weighted by Gasteiger charge is 2.20. The van der Waals surface area contributed by atoms with Gasteiger partial charge in [0.25, 0.3) is 0 Å². The summed E-state index contributed by atoms with van der Waals surface area (Å²) < 4.78 is 2.20. The van der Waals surface area contributed by atoms with Crippen LogP contribution in [0.3, 0.4) is 0 Å². The Balaban J connectivity index is 2.47. The molecule has 0 aliphatic heterocycles. The molecule has 0 aliphatic carbocycles. The molecule has 5 heteroatoms. The molecule has 1 aromatic carbocycles. The zero-order valence-corrected chi connectivity index (χ0v) is 17.0. The molecule has 1 atom stereocenters. The van der Waals surface area contributed by atoms with Gasteiger partial charge in [-0.2, -0.15) is 0 Å². The molecule has 0 bridgehead atoms. The maximum atomic E-state index is 6.51. The second-order valence-corrected chi connectivity index (χ2v) is 8.78. The van der Waals surface area contributed by atoms with E-state index in [1.54, 1.807) is 11.3 Å². The minimum absolute atomic E-state index is 0.129. The van der Waals surface area contributed by atoms with E-state index in [0.717, 1.165) is 31.8 Å². The fraction of sp³-hybridized carbons (Fsp3) is 0.375. The van der Waals surface area contributed by atoms with E-state index in [1.807, 2.05) is 0 Å². The summed E-state index contributed by atoms with van der Waals surface area (Å²) in [5.74, 6) is 0. The van der Waals surface area contributed by atoms with Crippen LogP contribution in [-0.4, -0.2) is 6.54 Å². The molecule has 21 heavy (non-hydrogen) atoms. The van der Waals surface area contributed by atoms with E-state index in [-0.39, 0.29) is 6.04 Å². The minimum Gasteiger partial charge on any atom is -0.306 e. The van der Waals surface area contributed by atoms with Crippen LogP contribution in [0.1, 0.15) is 41.0 Å². The molecule has 0 saturated carbocycles. The van der Waals surface area contributed by atoms with Crippen LogP contribution in [0.5, 0.6) is 0 Å². The van der Waals surface area contributed by atoms with E-state index < -0.39 is 0 Å². The van der Waals surface area contributed by atoms with Gasteiger partial charge in [-0.1, -0.05) is 24.6 Å². The number of nitrogens with one attached hydrogen (secondary N) is 1. The zero-order chi connectivity index (χ0) is 15.6. The van der Waals surface area contributed by atoms with Crippen molar-refractivity contribution < 1.29 is 0 Å². The molecular weight excluding hydrogens is 434 g/mol. The van der Waals surface area contributed by atoms with Crippen molar-refractivity contribution in [2.75, 3.05) is 6.54 Å². The SMILES string of the molecule is CCCNC(c1cc(Br)c(Br)s1)c1cc(C)c(C)cc1Cl. The molecule has 2 rings (SSSR count). The summed E-state index contributed by atoms with van der Waals surface area (Å²) in [7, 11) is 0. The second kappa shape index (κ2) is 7.60. The topological polar surface area (TPSA) is 12.0 Å². The first-order chi connectivity index (χ1) is 9.93. The number of thiophene rings is 1. The average molecular weight is 452 g/mol. The quantitative estimate of drug-likeness (QED) is 0.538. The number of rotatable bonds is 5. The van der Waals surface area contributed by atoms with Gasteiger partial charge in [0.15, 0.2) is 0 Å². The molecule has 1 unspecified atom stereocenters. The van der Waals surface area contributed by atoms with Gasteiger partial charge in [-0.3, -0.25) is 0 Å². The number of benzene rings is 1. The summed E-state index contributed by atoms with van der Waals surface area (Å²) >= 11 is 15.4. The molecule has 0 spiro atoms. The number of halogens is 3. The first-order valence-corrected chi connectivity index (χ1v) is 9.66. The van der Waals surface area contributed by atoms with Gasteiger partial charge in [0.05, 0.1) is 9.83 Å². The number of hydrogen-bond acceptors (Lipinski definition) is 2. The van der Waals surface area contributed by atoms with Crippen LogP contribution >= 0.6 is 54.8 Å². The lowest BCUT2D eigenvalue weighted by molar-refractivity contribution is 0.605. The maximum absolute atomic E-state index is 6.51. The summed E-state index contributed by atoms with van der Waals surface area (Å²) in [5, 5.41) is 4.44. The molecule has 1 N–H and O–H groups in total. The molecule has 1 nitrogen and oxygen atoms in total. The van der Waals surface area contributed by atoms with Crippen molar-refractivity contribution in [3.63, 3.8) is 0 Å². The van der Waals surface area contributed by atoms with Crippen molar-refractivity contribution in [1.29, 1.82) is 0 Å². The van der Waals surface area contributed by atoms with E-state index in [1.165, 1.54) is 16.0 Å². The van der Waals surface area contributed by atoms with Gasteiger partial charge in [0.2, 0.25) is 0 Å². The van der Waals surface area contributed by atoms with Crippen LogP contribution < -0.4 is 5.32 Å². The lowest BCUT2D eigenvalue weighted by atomic mass is 9.99. The minimum atomic E-state index is 0.129. The van der Waals surface area contributed by atoms with Gasteiger partial charge in [-0.15, -0.1) is 11.3 Å². The fourth-order valence-electron chi connectivity index (χ4n) is 2.18. The van der Waals surface area contributed by atoms with Crippen molar-refractivity contribution in [2.45, 2.75) is 33.2 Å². The lowest BCUT2D eigenvalue weighted by Crippen LogP contribution is -2.23. The Morgan fingerprint density at radius 2 is 1.86 bits per heavy atom. The van der Waals surface area contributed by atoms with Crippen LogP contribution in [0.4, 0.5) is 0 Å². The van der Waals surface area contributed by atoms with Gasteiger partial charge in [-0.05, 0) is 87.5 Å². The van der Waals surface area contributed by atoms with Crippen LogP contribution in [0.2, 0.25) is 5.02 Å². The first-order valence-electron chi connectivity index (χ1n) is 6.88. The van der Waals surface area contributed by atoms with Gasteiger partial charge >= 0.3 is 0 Å². The van der Waals surface area contributed by atoms with Crippen molar-refractivity contribution in [1.82, 2.24) is 5.32 Å². The molecule has 0 amide bonds. The van der Waals surface area contributed by atoms with E-state index in [9.17, 15) is 0 Å². The van der Waals surface area contributed by atoms with Crippen molar-refractivity contribution in [3.8, 4) is 0 Å². The maximum Gasteiger partial charge on any atom is 0.0843 e. The van der Waals surface area contributed by atoms with Crippen LogP contribution in [0.25, 0.3) is 0 Å². The summed E-state index contributed by atoms with van der Waals surface area (Å²) in [5.41, 5.74) is 3.65. The summed E-state index contributed by atoms with van der Waals surface area (Å²) in [6.07, 6.45) is 1.09. The largest absolute Gasteiger partial charge is 0.306 e. The Bertz CT molecular complexity index is 620. The molecule has 0 aliphatic rings. The Labute approximate surface area is 152 Å². The average Bonchev–Trinajstić information content (AvgIpc) is 2.75. The van der Waals surface area contributed by atoms with Gasteiger partial charge in [0.1, 0.15) is 0 Å². The van der Waals surface area contributed by atoms with Gasteiger partial charge < -0.3 is 5.32 Å².